The second kappa shape index (κ2) is 7.51. The van der Waals surface area contributed by atoms with Crippen LogP contribution < -0.4 is 0 Å². The van der Waals surface area contributed by atoms with Crippen molar-refractivity contribution in [2.24, 2.45) is 0 Å². The zero-order chi connectivity index (χ0) is 18.9. The van der Waals surface area contributed by atoms with Crippen LogP contribution in [0.3, 0.4) is 0 Å². The lowest BCUT2D eigenvalue weighted by atomic mass is 9.93. The summed E-state index contributed by atoms with van der Waals surface area (Å²) in [4.78, 5) is 0. The lowest BCUT2D eigenvalue weighted by Crippen LogP contribution is -2.36. The summed E-state index contributed by atoms with van der Waals surface area (Å²) in [6.45, 7) is 0. The van der Waals surface area contributed by atoms with Gasteiger partial charge in [-0.15, -0.1) is 11.3 Å². The minimum absolute atomic E-state index is 0.0332. The average molecular weight is 445 g/mol. The maximum atomic E-state index is 12.5. The van der Waals surface area contributed by atoms with E-state index in [4.69, 9.17) is 27.8 Å². The van der Waals surface area contributed by atoms with Crippen LogP contribution in [0.25, 0.3) is 0 Å². The summed E-state index contributed by atoms with van der Waals surface area (Å²) in [5.74, 6) is -1.61. The third kappa shape index (κ3) is 5.65. The van der Waals surface area contributed by atoms with Crippen LogP contribution in [0.1, 0.15) is 12.0 Å². The van der Waals surface area contributed by atoms with Gasteiger partial charge in [-0.2, -0.15) is 8.42 Å². The van der Waals surface area contributed by atoms with E-state index in [2.05, 4.69) is 0 Å². The highest BCUT2D eigenvalue weighted by atomic mass is 35.5. The Morgan fingerprint density at radius 1 is 1.08 bits per heavy atom. The number of rotatable bonds is 7. The van der Waals surface area contributed by atoms with Gasteiger partial charge in [-0.05, 0) is 41.6 Å². The van der Waals surface area contributed by atoms with Crippen molar-refractivity contribution < 1.29 is 26.5 Å². The molecule has 0 fully saturated rings. The average Bonchev–Trinajstić information content (AvgIpc) is 2.98. The Labute approximate surface area is 159 Å². The molecule has 1 atom stereocenters. The predicted octanol–water partition coefficient (Wildman–Crippen LogP) is 2.99. The largest absolute Gasteiger partial charge is 0.384 e. The van der Waals surface area contributed by atoms with Gasteiger partial charge in [0, 0.05) is 10.0 Å². The Bertz CT molecular complexity index is 934. The van der Waals surface area contributed by atoms with E-state index in [1.165, 1.54) is 24.3 Å². The van der Waals surface area contributed by atoms with Crippen LogP contribution >= 0.6 is 34.5 Å². The van der Waals surface area contributed by atoms with Crippen molar-refractivity contribution in [3.8, 4) is 0 Å². The monoisotopic (exact) mass is 444 g/mol. The fraction of sp³-hybridized carbons (Fsp3) is 0.286. The molecule has 0 saturated carbocycles. The standard InChI is InChI=1S/C14H14Cl2O6S3/c15-11-6-10(7-12(16)8-11)14(17,3-5-25(20,21)22)9-24(18,19)13-2-1-4-23-13/h1-2,4,6-8,17H,3,5,9H2,(H,20,21,22). The first-order chi connectivity index (χ1) is 11.4. The van der Waals surface area contributed by atoms with E-state index in [0.29, 0.717) is 0 Å². The Hall–Kier alpha value is -0.680. The van der Waals surface area contributed by atoms with Gasteiger partial charge >= 0.3 is 0 Å². The van der Waals surface area contributed by atoms with Crippen LogP contribution in [0.5, 0.6) is 0 Å². The van der Waals surface area contributed by atoms with Gasteiger partial charge in [-0.1, -0.05) is 29.3 Å². The van der Waals surface area contributed by atoms with Crippen molar-refractivity contribution in [1.82, 2.24) is 0 Å². The maximum Gasteiger partial charge on any atom is 0.264 e. The molecule has 2 aromatic rings. The van der Waals surface area contributed by atoms with Gasteiger partial charge < -0.3 is 5.11 Å². The molecule has 2 rings (SSSR count). The molecule has 0 spiro atoms. The Morgan fingerprint density at radius 2 is 1.68 bits per heavy atom. The van der Waals surface area contributed by atoms with E-state index in [0.717, 1.165) is 11.3 Å². The highest BCUT2D eigenvalue weighted by Crippen LogP contribution is 2.34. The summed E-state index contributed by atoms with van der Waals surface area (Å²) in [5, 5.41) is 12.8. The van der Waals surface area contributed by atoms with Gasteiger partial charge in [0.1, 0.15) is 9.81 Å². The maximum absolute atomic E-state index is 12.5. The van der Waals surface area contributed by atoms with Crippen molar-refractivity contribution in [2.75, 3.05) is 11.5 Å². The van der Waals surface area contributed by atoms with Crippen LogP contribution in [0.4, 0.5) is 0 Å². The summed E-state index contributed by atoms with van der Waals surface area (Å²) < 4.78 is 56.3. The van der Waals surface area contributed by atoms with Crippen LogP contribution in [0.15, 0.2) is 39.9 Å². The molecule has 0 bridgehead atoms. The fourth-order valence-corrected chi connectivity index (χ4v) is 6.11. The molecular formula is C14H14Cl2O6S3. The molecule has 0 aliphatic carbocycles. The molecule has 0 aliphatic heterocycles. The molecule has 25 heavy (non-hydrogen) atoms. The van der Waals surface area contributed by atoms with E-state index in [1.54, 1.807) is 11.4 Å². The Balaban J connectivity index is 2.48. The zero-order valence-corrected chi connectivity index (χ0v) is 16.6. The summed E-state index contributed by atoms with van der Waals surface area (Å²) in [5.41, 5.74) is -2.05. The lowest BCUT2D eigenvalue weighted by Gasteiger charge is -2.28. The minimum Gasteiger partial charge on any atom is -0.384 e. The minimum atomic E-state index is -4.41. The number of sulfone groups is 1. The van der Waals surface area contributed by atoms with E-state index >= 15 is 0 Å². The quantitative estimate of drug-likeness (QED) is 0.635. The van der Waals surface area contributed by atoms with Crippen LogP contribution in [-0.2, 0) is 25.6 Å². The molecule has 6 nitrogen and oxygen atoms in total. The Morgan fingerprint density at radius 3 is 2.16 bits per heavy atom. The summed E-state index contributed by atoms with van der Waals surface area (Å²) in [6, 6.07) is 6.94. The molecule has 0 aliphatic rings. The molecule has 1 unspecified atom stereocenters. The first kappa shape index (κ1) is 20.6. The number of hydrogen-bond donors (Lipinski definition) is 2. The second-order valence-corrected chi connectivity index (χ2v) is 11.0. The molecule has 2 N–H and O–H groups in total. The third-order valence-corrected chi connectivity index (χ3v) is 7.88. The molecule has 0 amide bonds. The van der Waals surface area contributed by atoms with Crippen molar-refractivity contribution in [3.05, 3.63) is 51.3 Å². The molecule has 0 saturated heterocycles. The fourth-order valence-electron chi connectivity index (χ4n) is 2.25. The first-order valence-electron chi connectivity index (χ1n) is 6.82. The van der Waals surface area contributed by atoms with Crippen molar-refractivity contribution in [2.45, 2.75) is 16.2 Å². The zero-order valence-electron chi connectivity index (χ0n) is 12.6. The first-order valence-corrected chi connectivity index (χ1v) is 11.7. The van der Waals surface area contributed by atoms with Gasteiger partial charge in [0.2, 0.25) is 0 Å². The number of benzene rings is 1. The predicted molar refractivity (Wildman–Crippen MR) is 97.8 cm³/mol. The van der Waals surface area contributed by atoms with Gasteiger partial charge in [0.05, 0.1) is 11.5 Å². The highest BCUT2D eigenvalue weighted by Gasteiger charge is 2.37. The number of halogens is 2. The SMILES string of the molecule is O=S(=O)(O)CCC(O)(CS(=O)(=O)c1cccs1)c1cc(Cl)cc(Cl)c1. The second-order valence-electron chi connectivity index (χ2n) is 5.42. The topological polar surface area (TPSA) is 109 Å². The van der Waals surface area contributed by atoms with E-state index < -0.39 is 43.5 Å². The van der Waals surface area contributed by atoms with Crippen molar-refractivity contribution in [3.63, 3.8) is 0 Å². The van der Waals surface area contributed by atoms with Gasteiger partial charge in [-0.25, -0.2) is 8.42 Å². The summed E-state index contributed by atoms with van der Waals surface area (Å²) in [7, 11) is -8.32. The molecule has 138 valence electrons. The number of thiophene rings is 1. The van der Waals surface area contributed by atoms with Crippen LogP contribution in [0.2, 0.25) is 10.0 Å². The van der Waals surface area contributed by atoms with Gasteiger partial charge in [0.15, 0.2) is 9.84 Å². The molecule has 1 aromatic heterocycles. The number of hydrogen-bond acceptors (Lipinski definition) is 6. The molecule has 11 heteroatoms. The van der Waals surface area contributed by atoms with Crippen molar-refractivity contribution in [1.29, 1.82) is 0 Å². The highest BCUT2D eigenvalue weighted by molar-refractivity contribution is 7.93. The van der Waals surface area contributed by atoms with Gasteiger partial charge in [0.25, 0.3) is 10.1 Å². The molecule has 0 radical (unpaired) electrons. The summed E-state index contributed by atoms with van der Waals surface area (Å²) >= 11 is 12.8. The summed E-state index contributed by atoms with van der Waals surface area (Å²) in [6.07, 6.45) is -0.549. The van der Waals surface area contributed by atoms with E-state index in [-0.39, 0.29) is 19.8 Å². The molecular weight excluding hydrogens is 431 g/mol. The van der Waals surface area contributed by atoms with E-state index in [9.17, 15) is 21.9 Å². The lowest BCUT2D eigenvalue weighted by molar-refractivity contribution is 0.0569. The normalized spacial score (nSPS) is 15.0. The van der Waals surface area contributed by atoms with Crippen LogP contribution in [-0.4, -0.2) is 38.0 Å². The Kier molecular flexibility index (Phi) is 6.20. The van der Waals surface area contributed by atoms with Crippen molar-refractivity contribution >= 4 is 54.5 Å². The molecule has 1 aromatic carbocycles. The van der Waals surface area contributed by atoms with Crippen LogP contribution in [0, 0.1) is 0 Å². The third-order valence-electron chi connectivity index (χ3n) is 3.40. The number of aliphatic hydroxyl groups is 1. The van der Waals surface area contributed by atoms with E-state index in [1.807, 2.05) is 0 Å². The van der Waals surface area contributed by atoms with Gasteiger partial charge in [-0.3, -0.25) is 4.55 Å². The smallest absolute Gasteiger partial charge is 0.264 e. The molecule has 1 heterocycles.